The summed E-state index contributed by atoms with van der Waals surface area (Å²) in [6.45, 7) is 1.20. The molecule has 78 valence electrons. The van der Waals surface area contributed by atoms with Crippen LogP contribution in [0.25, 0.3) is 0 Å². The minimum atomic E-state index is 1.09. The standard InChI is InChI=1S/C12H25N/c1-13-11-7-3-6-10-12-8-4-2-5-9-12/h12-13H,2-11H2,1H3. The van der Waals surface area contributed by atoms with Gasteiger partial charge in [-0.2, -0.15) is 0 Å². The third-order valence-electron chi connectivity index (χ3n) is 3.26. The highest BCUT2D eigenvalue weighted by molar-refractivity contribution is 4.65. The van der Waals surface area contributed by atoms with Crippen molar-refractivity contribution in [2.75, 3.05) is 13.6 Å². The van der Waals surface area contributed by atoms with E-state index >= 15 is 0 Å². The molecule has 0 aromatic carbocycles. The van der Waals surface area contributed by atoms with Gasteiger partial charge in [-0.25, -0.2) is 0 Å². The van der Waals surface area contributed by atoms with Gasteiger partial charge < -0.3 is 5.32 Å². The van der Waals surface area contributed by atoms with Gasteiger partial charge in [0.25, 0.3) is 0 Å². The summed E-state index contributed by atoms with van der Waals surface area (Å²) < 4.78 is 0. The summed E-state index contributed by atoms with van der Waals surface area (Å²) in [6, 6.07) is 0. The molecule has 1 aliphatic carbocycles. The van der Waals surface area contributed by atoms with Gasteiger partial charge in [-0.05, 0) is 25.9 Å². The van der Waals surface area contributed by atoms with Crippen molar-refractivity contribution >= 4 is 0 Å². The van der Waals surface area contributed by atoms with Gasteiger partial charge in [-0.15, -0.1) is 0 Å². The Morgan fingerprint density at radius 1 is 1.00 bits per heavy atom. The molecule has 0 saturated heterocycles. The number of unbranched alkanes of at least 4 members (excludes halogenated alkanes) is 2. The van der Waals surface area contributed by atoms with Crippen LogP contribution in [-0.2, 0) is 0 Å². The number of hydrogen-bond donors (Lipinski definition) is 1. The highest BCUT2D eigenvalue weighted by Gasteiger charge is 2.12. The summed E-state index contributed by atoms with van der Waals surface area (Å²) in [7, 11) is 2.04. The molecule has 1 rings (SSSR count). The van der Waals surface area contributed by atoms with Crippen LogP contribution in [0.1, 0.15) is 57.8 Å². The Balaban J connectivity index is 1.86. The fourth-order valence-electron chi connectivity index (χ4n) is 2.39. The zero-order valence-electron chi connectivity index (χ0n) is 9.15. The summed E-state index contributed by atoms with van der Waals surface area (Å²) in [5.41, 5.74) is 0. The SMILES string of the molecule is CNCCCCCC1CCCCC1. The summed E-state index contributed by atoms with van der Waals surface area (Å²) in [5.74, 6) is 1.09. The van der Waals surface area contributed by atoms with Gasteiger partial charge in [-0.1, -0.05) is 51.4 Å². The van der Waals surface area contributed by atoms with E-state index in [1.165, 1.54) is 64.3 Å². The van der Waals surface area contributed by atoms with Gasteiger partial charge in [0.1, 0.15) is 0 Å². The highest BCUT2D eigenvalue weighted by atomic mass is 14.8. The van der Waals surface area contributed by atoms with E-state index in [1.54, 1.807) is 0 Å². The van der Waals surface area contributed by atoms with Crippen molar-refractivity contribution in [3.05, 3.63) is 0 Å². The molecule has 13 heavy (non-hydrogen) atoms. The molecule has 0 aromatic heterocycles. The van der Waals surface area contributed by atoms with Crippen molar-refractivity contribution in [2.24, 2.45) is 5.92 Å². The summed E-state index contributed by atoms with van der Waals surface area (Å²) in [6.07, 6.45) is 13.3. The van der Waals surface area contributed by atoms with Crippen LogP contribution < -0.4 is 5.32 Å². The van der Waals surface area contributed by atoms with E-state index in [2.05, 4.69) is 5.32 Å². The molecule has 0 aliphatic heterocycles. The van der Waals surface area contributed by atoms with Crippen LogP contribution in [0.2, 0.25) is 0 Å². The van der Waals surface area contributed by atoms with E-state index in [0.717, 1.165) is 5.92 Å². The van der Waals surface area contributed by atoms with Crippen molar-refractivity contribution in [3.8, 4) is 0 Å². The molecular formula is C12H25N. The Morgan fingerprint density at radius 3 is 2.46 bits per heavy atom. The molecule has 0 heterocycles. The maximum atomic E-state index is 3.21. The van der Waals surface area contributed by atoms with E-state index < -0.39 is 0 Å². The van der Waals surface area contributed by atoms with E-state index in [-0.39, 0.29) is 0 Å². The molecule has 1 N–H and O–H groups in total. The lowest BCUT2D eigenvalue weighted by molar-refractivity contribution is 0.328. The first-order valence-electron chi connectivity index (χ1n) is 6.08. The topological polar surface area (TPSA) is 12.0 Å². The van der Waals surface area contributed by atoms with Crippen molar-refractivity contribution < 1.29 is 0 Å². The number of rotatable bonds is 6. The molecule has 0 bridgehead atoms. The molecule has 1 heteroatoms. The Morgan fingerprint density at radius 2 is 1.77 bits per heavy atom. The summed E-state index contributed by atoms with van der Waals surface area (Å²) in [5, 5.41) is 3.21. The second-order valence-electron chi connectivity index (χ2n) is 4.46. The highest BCUT2D eigenvalue weighted by Crippen LogP contribution is 2.27. The van der Waals surface area contributed by atoms with E-state index in [4.69, 9.17) is 0 Å². The van der Waals surface area contributed by atoms with Crippen LogP contribution in [0.15, 0.2) is 0 Å². The first-order valence-corrected chi connectivity index (χ1v) is 6.08. The Bertz CT molecular complexity index is 106. The monoisotopic (exact) mass is 183 g/mol. The van der Waals surface area contributed by atoms with Gasteiger partial charge in [-0.3, -0.25) is 0 Å². The molecular weight excluding hydrogens is 158 g/mol. The predicted molar refractivity (Wildman–Crippen MR) is 59.0 cm³/mol. The van der Waals surface area contributed by atoms with Crippen LogP contribution in [0, 0.1) is 5.92 Å². The summed E-state index contributed by atoms with van der Waals surface area (Å²) >= 11 is 0. The third-order valence-corrected chi connectivity index (χ3v) is 3.26. The van der Waals surface area contributed by atoms with Crippen LogP contribution in [0.4, 0.5) is 0 Å². The first-order chi connectivity index (χ1) is 6.43. The van der Waals surface area contributed by atoms with Gasteiger partial charge in [0.2, 0.25) is 0 Å². The van der Waals surface area contributed by atoms with Crippen molar-refractivity contribution in [2.45, 2.75) is 57.8 Å². The Kier molecular flexibility index (Phi) is 6.26. The molecule has 0 amide bonds. The summed E-state index contributed by atoms with van der Waals surface area (Å²) in [4.78, 5) is 0. The smallest absolute Gasteiger partial charge is 0.00519 e. The van der Waals surface area contributed by atoms with E-state index in [0.29, 0.717) is 0 Å². The van der Waals surface area contributed by atoms with Crippen LogP contribution in [0.3, 0.4) is 0 Å². The van der Waals surface area contributed by atoms with Crippen LogP contribution in [0.5, 0.6) is 0 Å². The minimum absolute atomic E-state index is 1.09. The molecule has 0 unspecified atom stereocenters. The number of nitrogens with one attached hydrogen (secondary N) is 1. The van der Waals surface area contributed by atoms with Crippen molar-refractivity contribution in [1.82, 2.24) is 5.32 Å². The maximum Gasteiger partial charge on any atom is -0.00519 e. The second kappa shape index (κ2) is 7.37. The molecule has 1 saturated carbocycles. The molecule has 1 aliphatic rings. The van der Waals surface area contributed by atoms with Gasteiger partial charge in [0.05, 0.1) is 0 Å². The Hall–Kier alpha value is -0.0400. The molecule has 1 nitrogen and oxygen atoms in total. The van der Waals surface area contributed by atoms with Gasteiger partial charge in [0.15, 0.2) is 0 Å². The maximum absolute atomic E-state index is 3.21. The molecule has 0 radical (unpaired) electrons. The second-order valence-corrected chi connectivity index (χ2v) is 4.46. The van der Waals surface area contributed by atoms with Crippen LogP contribution >= 0.6 is 0 Å². The van der Waals surface area contributed by atoms with E-state index in [1.807, 2.05) is 7.05 Å². The van der Waals surface area contributed by atoms with Crippen molar-refractivity contribution in [3.63, 3.8) is 0 Å². The quantitative estimate of drug-likeness (QED) is 0.623. The minimum Gasteiger partial charge on any atom is -0.320 e. The average Bonchev–Trinajstić information content (AvgIpc) is 2.19. The Labute approximate surface area is 83.3 Å². The normalized spacial score (nSPS) is 19.2. The van der Waals surface area contributed by atoms with E-state index in [9.17, 15) is 0 Å². The molecule has 0 atom stereocenters. The fraction of sp³-hybridized carbons (Fsp3) is 1.00. The zero-order valence-corrected chi connectivity index (χ0v) is 9.15. The predicted octanol–water partition coefficient (Wildman–Crippen LogP) is 3.35. The molecule has 0 aromatic rings. The fourth-order valence-corrected chi connectivity index (χ4v) is 2.39. The lowest BCUT2D eigenvalue weighted by atomic mass is 9.86. The average molecular weight is 183 g/mol. The largest absolute Gasteiger partial charge is 0.320 e. The lowest BCUT2D eigenvalue weighted by Gasteiger charge is -2.21. The lowest BCUT2D eigenvalue weighted by Crippen LogP contribution is -2.08. The third kappa shape index (κ3) is 5.30. The molecule has 1 fully saturated rings. The zero-order chi connectivity index (χ0) is 9.36. The molecule has 0 spiro atoms. The van der Waals surface area contributed by atoms with Gasteiger partial charge in [0, 0.05) is 0 Å². The number of hydrogen-bond acceptors (Lipinski definition) is 1. The van der Waals surface area contributed by atoms with Gasteiger partial charge >= 0.3 is 0 Å². The van der Waals surface area contributed by atoms with Crippen LogP contribution in [-0.4, -0.2) is 13.6 Å². The first kappa shape index (κ1) is 11.0. The van der Waals surface area contributed by atoms with Crippen molar-refractivity contribution in [1.29, 1.82) is 0 Å².